The molecule has 5 heteroatoms. The predicted molar refractivity (Wildman–Crippen MR) is 108 cm³/mol. The lowest BCUT2D eigenvalue weighted by molar-refractivity contribution is 0.119. The number of unbranched alkanes of at least 4 members (excludes halogenated alkanes) is 1. The van der Waals surface area contributed by atoms with Gasteiger partial charge < -0.3 is 15.4 Å². The van der Waals surface area contributed by atoms with Crippen molar-refractivity contribution in [3.05, 3.63) is 29.8 Å². The van der Waals surface area contributed by atoms with Gasteiger partial charge in [0, 0.05) is 18.7 Å². The molecule has 1 aliphatic carbocycles. The average molecular weight is 431 g/mol. The summed E-state index contributed by atoms with van der Waals surface area (Å²) in [7, 11) is 0. The fourth-order valence-corrected chi connectivity index (χ4v) is 2.31. The van der Waals surface area contributed by atoms with Crippen molar-refractivity contribution in [3.63, 3.8) is 0 Å². The van der Waals surface area contributed by atoms with Crippen LogP contribution in [-0.4, -0.2) is 25.2 Å². The number of nitrogens with zero attached hydrogens (tertiary/aromatic N) is 1. The molecule has 0 spiro atoms. The number of benzene rings is 1. The monoisotopic (exact) mass is 431 g/mol. The van der Waals surface area contributed by atoms with Crippen LogP contribution in [0.15, 0.2) is 29.3 Å². The normalized spacial score (nSPS) is 14.6. The third-order valence-electron chi connectivity index (χ3n) is 3.89. The third-order valence-corrected chi connectivity index (χ3v) is 3.89. The number of hydrogen-bond donors (Lipinski definition) is 2. The van der Waals surface area contributed by atoms with Crippen LogP contribution in [-0.2, 0) is 6.54 Å². The Morgan fingerprint density at radius 2 is 2.00 bits per heavy atom. The van der Waals surface area contributed by atoms with Crippen molar-refractivity contribution in [2.75, 3.05) is 13.1 Å². The third kappa shape index (κ3) is 6.97. The van der Waals surface area contributed by atoms with Crippen LogP contribution in [0.4, 0.5) is 0 Å². The summed E-state index contributed by atoms with van der Waals surface area (Å²) < 4.78 is 6.06. The van der Waals surface area contributed by atoms with Gasteiger partial charge in [-0.1, -0.05) is 31.5 Å². The van der Waals surface area contributed by atoms with Crippen molar-refractivity contribution >= 4 is 29.9 Å². The molecule has 0 amide bonds. The van der Waals surface area contributed by atoms with Gasteiger partial charge in [-0.05, 0) is 38.7 Å². The van der Waals surface area contributed by atoms with Gasteiger partial charge in [-0.3, -0.25) is 0 Å². The second-order valence-electron chi connectivity index (χ2n) is 5.75. The Morgan fingerprint density at radius 1 is 1.22 bits per heavy atom. The summed E-state index contributed by atoms with van der Waals surface area (Å²) >= 11 is 0. The molecule has 1 aliphatic rings. The van der Waals surface area contributed by atoms with E-state index in [1.807, 2.05) is 6.07 Å². The first kappa shape index (κ1) is 20.1. The summed E-state index contributed by atoms with van der Waals surface area (Å²) in [5.74, 6) is 1.87. The molecule has 130 valence electrons. The number of ether oxygens (including phenoxy) is 1. The highest BCUT2D eigenvalue weighted by Gasteiger charge is 2.20. The summed E-state index contributed by atoms with van der Waals surface area (Å²) in [5, 5.41) is 6.66. The molecule has 0 bridgehead atoms. The smallest absolute Gasteiger partial charge is 0.191 e. The predicted octanol–water partition coefficient (Wildman–Crippen LogP) is 4.09. The van der Waals surface area contributed by atoms with Crippen molar-refractivity contribution in [3.8, 4) is 5.75 Å². The molecule has 0 aromatic heterocycles. The van der Waals surface area contributed by atoms with Crippen molar-refractivity contribution in [1.29, 1.82) is 0 Å². The van der Waals surface area contributed by atoms with Crippen LogP contribution >= 0.6 is 24.0 Å². The number of aliphatic imine (C=N–C) groups is 1. The minimum Gasteiger partial charge on any atom is -0.490 e. The second kappa shape index (κ2) is 11.5. The van der Waals surface area contributed by atoms with E-state index in [0.717, 1.165) is 36.8 Å². The Bertz CT molecular complexity index is 475. The highest BCUT2D eigenvalue weighted by molar-refractivity contribution is 14.0. The summed E-state index contributed by atoms with van der Waals surface area (Å²) in [4.78, 5) is 4.68. The SMILES string of the molecule is CCCCNC(=NCc1ccccc1OC1CCC1)NCC.I. The molecular formula is C18H30IN3O. The quantitative estimate of drug-likeness (QED) is 0.282. The molecule has 1 saturated carbocycles. The molecule has 1 fully saturated rings. The fourth-order valence-electron chi connectivity index (χ4n) is 2.31. The number of halogens is 1. The first-order chi connectivity index (χ1) is 10.8. The molecule has 0 atom stereocenters. The summed E-state index contributed by atoms with van der Waals surface area (Å²) in [6.45, 7) is 6.76. The van der Waals surface area contributed by atoms with Crippen LogP contribution in [0.3, 0.4) is 0 Å². The number of rotatable bonds is 8. The van der Waals surface area contributed by atoms with Gasteiger partial charge in [0.15, 0.2) is 5.96 Å². The fraction of sp³-hybridized carbons (Fsp3) is 0.611. The molecule has 2 N–H and O–H groups in total. The van der Waals surface area contributed by atoms with Crippen molar-refractivity contribution in [1.82, 2.24) is 10.6 Å². The van der Waals surface area contributed by atoms with Gasteiger partial charge in [-0.15, -0.1) is 24.0 Å². The molecule has 0 aliphatic heterocycles. The first-order valence-corrected chi connectivity index (χ1v) is 8.60. The van der Waals surface area contributed by atoms with Crippen molar-refractivity contribution in [2.45, 2.75) is 58.6 Å². The maximum Gasteiger partial charge on any atom is 0.191 e. The van der Waals surface area contributed by atoms with E-state index in [9.17, 15) is 0 Å². The largest absolute Gasteiger partial charge is 0.490 e. The van der Waals surface area contributed by atoms with E-state index in [0.29, 0.717) is 12.6 Å². The van der Waals surface area contributed by atoms with Crippen LogP contribution in [0.1, 0.15) is 51.5 Å². The topological polar surface area (TPSA) is 45.7 Å². The minimum absolute atomic E-state index is 0. The standard InChI is InChI=1S/C18H29N3O.HI/c1-3-5-13-20-18(19-4-2)21-14-15-9-6-7-12-17(15)22-16-10-8-11-16;/h6-7,9,12,16H,3-5,8,10-11,13-14H2,1-2H3,(H2,19,20,21);1H. The highest BCUT2D eigenvalue weighted by atomic mass is 127. The Balaban J connectivity index is 0.00000264. The number of nitrogens with one attached hydrogen (secondary N) is 2. The molecule has 4 nitrogen and oxygen atoms in total. The molecule has 0 radical (unpaired) electrons. The molecule has 1 aromatic carbocycles. The van der Waals surface area contributed by atoms with E-state index < -0.39 is 0 Å². The molecule has 0 unspecified atom stereocenters. The zero-order valence-electron chi connectivity index (χ0n) is 14.3. The lowest BCUT2D eigenvalue weighted by Crippen LogP contribution is -2.37. The van der Waals surface area contributed by atoms with Crippen LogP contribution in [0.5, 0.6) is 5.75 Å². The van der Waals surface area contributed by atoms with Gasteiger partial charge in [0.1, 0.15) is 5.75 Å². The number of guanidine groups is 1. The number of para-hydroxylation sites is 1. The summed E-state index contributed by atoms with van der Waals surface area (Å²) in [5.41, 5.74) is 1.15. The van der Waals surface area contributed by atoms with E-state index in [2.05, 4.69) is 47.7 Å². The maximum atomic E-state index is 6.06. The molecule has 2 rings (SSSR count). The average Bonchev–Trinajstić information content (AvgIpc) is 2.49. The van der Waals surface area contributed by atoms with Gasteiger partial charge >= 0.3 is 0 Å². The molecule has 23 heavy (non-hydrogen) atoms. The van der Waals surface area contributed by atoms with Crippen LogP contribution in [0, 0.1) is 0 Å². The second-order valence-corrected chi connectivity index (χ2v) is 5.75. The van der Waals surface area contributed by atoms with Gasteiger partial charge in [-0.25, -0.2) is 4.99 Å². The molecular weight excluding hydrogens is 401 g/mol. The van der Waals surface area contributed by atoms with Gasteiger partial charge in [0.2, 0.25) is 0 Å². The Labute approximate surface area is 157 Å². The van der Waals surface area contributed by atoms with Gasteiger partial charge in [0.05, 0.1) is 12.6 Å². The molecule has 0 saturated heterocycles. The van der Waals surface area contributed by atoms with E-state index in [1.165, 1.54) is 25.7 Å². The highest BCUT2D eigenvalue weighted by Crippen LogP contribution is 2.27. The Kier molecular flexibility index (Phi) is 10.1. The van der Waals surface area contributed by atoms with Gasteiger partial charge in [0.25, 0.3) is 0 Å². The van der Waals surface area contributed by atoms with Crippen LogP contribution in [0.2, 0.25) is 0 Å². The van der Waals surface area contributed by atoms with Crippen molar-refractivity contribution < 1.29 is 4.74 Å². The number of hydrogen-bond acceptors (Lipinski definition) is 2. The summed E-state index contributed by atoms with van der Waals surface area (Å²) in [6.07, 6.45) is 6.39. The van der Waals surface area contributed by atoms with Crippen molar-refractivity contribution in [2.24, 2.45) is 4.99 Å². The first-order valence-electron chi connectivity index (χ1n) is 8.60. The van der Waals surface area contributed by atoms with E-state index in [4.69, 9.17) is 4.74 Å². The van der Waals surface area contributed by atoms with Crippen LogP contribution in [0.25, 0.3) is 0 Å². The maximum absolute atomic E-state index is 6.06. The van der Waals surface area contributed by atoms with E-state index >= 15 is 0 Å². The Morgan fingerprint density at radius 3 is 2.65 bits per heavy atom. The lowest BCUT2D eigenvalue weighted by Gasteiger charge is -2.27. The van der Waals surface area contributed by atoms with E-state index in [1.54, 1.807) is 0 Å². The molecule has 0 heterocycles. The van der Waals surface area contributed by atoms with E-state index in [-0.39, 0.29) is 24.0 Å². The van der Waals surface area contributed by atoms with Crippen LogP contribution < -0.4 is 15.4 Å². The lowest BCUT2D eigenvalue weighted by atomic mass is 9.96. The summed E-state index contributed by atoms with van der Waals surface area (Å²) in [6, 6.07) is 8.25. The Hall–Kier alpha value is -0.980. The van der Waals surface area contributed by atoms with Gasteiger partial charge in [-0.2, -0.15) is 0 Å². The zero-order valence-corrected chi connectivity index (χ0v) is 16.6. The minimum atomic E-state index is 0. The molecule has 1 aromatic rings. The zero-order chi connectivity index (χ0) is 15.6.